The first-order valence-electron chi connectivity index (χ1n) is 6.71. The van der Waals surface area contributed by atoms with Crippen LogP contribution in [0.25, 0.3) is 0 Å². The smallest absolute Gasteiger partial charge is 0.252 e. The first-order chi connectivity index (χ1) is 9.51. The van der Waals surface area contributed by atoms with E-state index in [2.05, 4.69) is 15.6 Å². The molecule has 0 bridgehead atoms. The zero-order valence-corrected chi connectivity index (χ0v) is 11.4. The molecule has 0 unspecified atom stereocenters. The maximum Gasteiger partial charge on any atom is 0.252 e. The van der Waals surface area contributed by atoms with Crippen LogP contribution in [-0.2, 0) is 0 Å². The number of halogens is 1. The number of aromatic nitrogens is 1. The number of pyridine rings is 1. The van der Waals surface area contributed by atoms with E-state index in [0.717, 1.165) is 31.7 Å². The van der Waals surface area contributed by atoms with Gasteiger partial charge in [0.05, 0.1) is 5.56 Å². The van der Waals surface area contributed by atoms with Crippen LogP contribution >= 0.6 is 0 Å². The van der Waals surface area contributed by atoms with Crippen LogP contribution in [0.5, 0.6) is 0 Å². The maximum absolute atomic E-state index is 14.0. The molecule has 1 saturated carbocycles. The lowest BCUT2D eigenvalue weighted by Gasteiger charge is -2.27. The second kappa shape index (κ2) is 6.04. The van der Waals surface area contributed by atoms with Gasteiger partial charge in [0.15, 0.2) is 11.6 Å². The summed E-state index contributed by atoms with van der Waals surface area (Å²) in [6.45, 7) is 0. The van der Waals surface area contributed by atoms with Crippen LogP contribution in [0.15, 0.2) is 6.07 Å². The summed E-state index contributed by atoms with van der Waals surface area (Å²) < 4.78 is 14.0. The predicted molar refractivity (Wildman–Crippen MR) is 76.1 cm³/mol. The van der Waals surface area contributed by atoms with Crippen LogP contribution in [0, 0.1) is 5.82 Å². The van der Waals surface area contributed by atoms with E-state index in [9.17, 15) is 9.18 Å². The molecule has 0 atom stereocenters. The lowest BCUT2D eigenvalue weighted by atomic mass is 9.92. The Kier molecular flexibility index (Phi) is 4.39. The molecule has 1 amide bonds. The van der Waals surface area contributed by atoms with Gasteiger partial charge >= 0.3 is 0 Å². The van der Waals surface area contributed by atoms with Crippen LogP contribution in [0.2, 0.25) is 0 Å². The van der Waals surface area contributed by atoms with Crippen LogP contribution in [0.3, 0.4) is 0 Å². The number of carbonyl (C=O) groups excluding carboxylic acids is 1. The minimum Gasteiger partial charge on any atom is -0.372 e. The molecule has 1 fully saturated rings. The van der Waals surface area contributed by atoms with E-state index in [1.165, 1.54) is 0 Å². The molecule has 1 heterocycles. The van der Waals surface area contributed by atoms with Crippen molar-refractivity contribution in [1.82, 2.24) is 4.98 Å². The Balaban J connectivity index is 2.17. The Morgan fingerprint density at radius 3 is 2.55 bits per heavy atom. The van der Waals surface area contributed by atoms with E-state index >= 15 is 0 Å². The van der Waals surface area contributed by atoms with Crippen LogP contribution < -0.4 is 22.1 Å². The highest BCUT2D eigenvalue weighted by atomic mass is 19.1. The number of primary amides is 1. The van der Waals surface area contributed by atoms with Gasteiger partial charge in [0, 0.05) is 19.1 Å². The summed E-state index contributed by atoms with van der Waals surface area (Å²) in [7, 11) is 1.61. The van der Waals surface area contributed by atoms with Crippen molar-refractivity contribution in [2.75, 3.05) is 17.7 Å². The summed E-state index contributed by atoms with van der Waals surface area (Å²) >= 11 is 0. The number of nitrogens with one attached hydrogen (secondary N) is 2. The molecule has 0 aliphatic heterocycles. The molecule has 7 heteroatoms. The second-order valence-corrected chi connectivity index (χ2v) is 5.09. The third-order valence-electron chi connectivity index (χ3n) is 3.59. The van der Waals surface area contributed by atoms with Crippen molar-refractivity contribution < 1.29 is 9.18 Å². The summed E-state index contributed by atoms with van der Waals surface area (Å²) in [6.07, 6.45) is 3.60. The Bertz CT molecular complexity index is 500. The molecule has 2 rings (SSSR count). The monoisotopic (exact) mass is 281 g/mol. The highest BCUT2D eigenvalue weighted by molar-refractivity contribution is 5.97. The number of hydrogen-bond donors (Lipinski definition) is 4. The molecule has 110 valence electrons. The average Bonchev–Trinajstić information content (AvgIpc) is 2.42. The van der Waals surface area contributed by atoms with Crippen molar-refractivity contribution in [1.29, 1.82) is 0 Å². The predicted octanol–water partition coefficient (Wildman–Crippen LogP) is 1.04. The van der Waals surface area contributed by atoms with Gasteiger partial charge in [-0.1, -0.05) is 0 Å². The van der Waals surface area contributed by atoms with E-state index < -0.39 is 11.7 Å². The summed E-state index contributed by atoms with van der Waals surface area (Å²) in [5, 5.41) is 5.83. The molecular formula is C13H20FN5O. The van der Waals surface area contributed by atoms with Gasteiger partial charge in [0.1, 0.15) is 5.82 Å². The third-order valence-corrected chi connectivity index (χ3v) is 3.59. The van der Waals surface area contributed by atoms with E-state index in [1.807, 2.05) is 0 Å². The molecule has 0 radical (unpaired) electrons. The summed E-state index contributed by atoms with van der Waals surface area (Å²) in [6, 6.07) is 1.50. The minimum absolute atomic E-state index is 0.0428. The quantitative estimate of drug-likeness (QED) is 0.660. The zero-order valence-electron chi connectivity index (χ0n) is 11.4. The van der Waals surface area contributed by atoms with Crippen molar-refractivity contribution in [3.05, 3.63) is 17.4 Å². The standard InChI is InChI=1S/C13H20FN5O/c1-17-12-9(11(16)20)6-10(14)13(19-12)18-8-4-2-7(15)3-5-8/h6-8H,2-5,15H2,1H3,(H2,16,20)(H2,17,18,19)/t7-,8-. The molecule has 1 aliphatic rings. The maximum atomic E-state index is 14.0. The molecule has 0 saturated heterocycles. The topological polar surface area (TPSA) is 106 Å². The van der Waals surface area contributed by atoms with Crippen molar-refractivity contribution in [3.63, 3.8) is 0 Å². The number of rotatable bonds is 4. The molecule has 20 heavy (non-hydrogen) atoms. The highest BCUT2D eigenvalue weighted by Gasteiger charge is 2.21. The zero-order chi connectivity index (χ0) is 14.7. The largest absolute Gasteiger partial charge is 0.372 e. The summed E-state index contributed by atoms with van der Waals surface area (Å²) in [5.41, 5.74) is 11.1. The van der Waals surface area contributed by atoms with E-state index in [1.54, 1.807) is 7.05 Å². The molecular weight excluding hydrogens is 261 g/mol. The van der Waals surface area contributed by atoms with Crippen LogP contribution in [0.1, 0.15) is 36.0 Å². The van der Waals surface area contributed by atoms with Gasteiger partial charge in [-0.15, -0.1) is 0 Å². The minimum atomic E-state index is -0.712. The van der Waals surface area contributed by atoms with E-state index in [-0.39, 0.29) is 29.3 Å². The second-order valence-electron chi connectivity index (χ2n) is 5.09. The highest BCUT2D eigenvalue weighted by Crippen LogP contribution is 2.24. The average molecular weight is 281 g/mol. The number of nitrogens with two attached hydrogens (primary N) is 2. The Morgan fingerprint density at radius 1 is 1.35 bits per heavy atom. The van der Waals surface area contributed by atoms with Gasteiger partial charge in [-0.05, 0) is 31.7 Å². The molecule has 6 N–H and O–H groups in total. The van der Waals surface area contributed by atoms with Gasteiger partial charge in [0.2, 0.25) is 0 Å². The van der Waals surface area contributed by atoms with Gasteiger partial charge in [-0.25, -0.2) is 9.37 Å². The first kappa shape index (κ1) is 14.5. The van der Waals surface area contributed by atoms with Crippen LogP contribution in [-0.4, -0.2) is 30.0 Å². The molecule has 0 spiro atoms. The van der Waals surface area contributed by atoms with Gasteiger partial charge < -0.3 is 22.1 Å². The molecule has 6 nitrogen and oxygen atoms in total. The normalized spacial score (nSPS) is 22.4. The lowest BCUT2D eigenvalue weighted by Crippen LogP contribution is -2.33. The Labute approximate surface area is 117 Å². The summed E-state index contributed by atoms with van der Waals surface area (Å²) in [5.74, 6) is -0.877. The van der Waals surface area contributed by atoms with Crippen molar-refractivity contribution in [3.8, 4) is 0 Å². The fourth-order valence-corrected chi connectivity index (χ4v) is 2.43. The lowest BCUT2D eigenvalue weighted by molar-refractivity contribution is 0.100. The number of carbonyl (C=O) groups is 1. The van der Waals surface area contributed by atoms with Crippen molar-refractivity contribution >= 4 is 17.5 Å². The molecule has 1 aromatic rings. The molecule has 1 aliphatic carbocycles. The number of anilines is 2. The van der Waals surface area contributed by atoms with Gasteiger partial charge in [-0.3, -0.25) is 4.79 Å². The number of nitrogens with zero attached hydrogens (tertiary/aromatic N) is 1. The summed E-state index contributed by atoms with van der Waals surface area (Å²) in [4.78, 5) is 15.3. The molecule has 0 aromatic carbocycles. The first-order valence-corrected chi connectivity index (χ1v) is 6.71. The molecule has 1 aromatic heterocycles. The number of hydrogen-bond acceptors (Lipinski definition) is 5. The fraction of sp³-hybridized carbons (Fsp3) is 0.538. The number of amides is 1. The fourth-order valence-electron chi connectivity index (χ4n) is 2.43. The van der Waals surface area contributed by atoms with Crippen molar-refractivity contribution in [2.45, 2.75) is 37.8 Å². The van der Waals surface area contributed by atoms with Crippen molar-refractivity contribution in [2.24, 2.45) is 11.5 Å². The Hall–Kier alpha value is -1.89. The van der Waals surface area contributed by atoms with E-state index in [0.29, 0.717) is 0 Å². The van der Waals surface area contributed by atoms with Crippen LogP contribution in [0.4, 0.5) is 16.0 Å². The van der Waals surface area contributed by atoms with Gasteiger partial charge in [0.25, 0.3) is 5.91 Å². The third kappa shape index (κ3) is 3.16. The Morgan fingerprint density at radius 2 is 2.00 bits per heavy atom. The van der Waals surface area contributed by atoms with E-state index in [4.69, 9.17) is 11.5 Å². The van der Waals surface area contributed by atoms with Gasteiger partial charge in [-0.2, -0.15) is 0 Å². The SMILES string of the molecule is CNc1nc(N[C@H]2CC[C@H](N)CC2)c(F)cc1C(N)=O.